The van der Waals surface area contributed by atoms with E-state index in [9.17, 15) is 14.4 Å². The summed E-state index contributed by atoms with van der Waals surface area (Å²) < 4.78 is 5.40. The van der Waals surface area contributed by atoms with Crippen molar-refractivity contribution in [1.82, 2.24) is 5.32 Å². The van der Waals surface area contributed by atoms with Crippen LogP contribution in [0.15, 0.2) is 48.5 Å². The molecule has 0 spiro atoms. The molecule has 29 heavy (non-hydrogen) atoms. The highest BCUT2D eigenvalue weighted by molar-refractivity contribution is 5.91. The largest absolute Gasteiger partial charge is 0.481 e. The number of benzene rings is 2. The summed E-state index contributed by atoms with van der Waals surface area (Å²) >= 11 is 0. The van der Waals surface area contributed by atoms with Gasteiger partial charge in [-0.25, -0.2) is 4.79 Å². The highest BCUT2D eigenvalue weighted by Gasteiger charge is 2.30. The highest BCUT2D eigenvalue weighted by atomic mass is 16.5. The van der Waals surface area contributed by atoms with E-state index in [0.717, 1.165) is 28.2 Å². The Balaban J connectivity index is 1.68. The van der Waals surface area contributed by atoms with Crippen molar-refractivity contribution in [1.29, 1.82) is 0 Å². The molecule has 0 heterocycles. The van der Waals surface area contributed by atoms with Gasteiger partial charge >= 0.3 is 12.1 Å². The minimum Gasteiger partial charge on any atom is -0.481 e. The minimum atomic E-state index is -1.16. The van der Waals surface area contributed by atoms with Gasteiger partial charge in [-0.3, -0.25) is 9.59 Å². The summed E-state index contributed by atoms with van der Waals surface area (Å²) in [5, 5.41) is 11.5. The van der Waals surface area contributed by atoms with Gasteiger partial charge in [0.05, 0.1) is 6.42 Å². The Morgan fingerprint density at radius 1 is 1.00 bits per heavy atom. The number of carbonyl (C=O) groups is 3. The number of hydrogen-bond donors (Lipinski definition) is 2. The third kappa shape index (κ3) is 4.83. The Hall–Kier alpha value is -3.15. The maximum atomic E-state index is 12.3. The van der Waals surface area contributed by atoms with Crippen molar-refractivity contribution >= 4 is 17.8 Å². The van der Waals surface area contributed by atoms with Crippen LogP contribution >= 0.6 is 0 Å². The molecule has 1 radical (unpaired) electrons. The van der Waals surface area contributed by atoms with Crippen LogP contribution in [0.5, 0.6) is 0 Å². The molecule has 1 aliphatic carbocycles. The molecule has 0 saturated heterocycles. The van der Waals surface area contributed by atoms with Crippen LogP contribution in [0.3, 0.4) is 0 Å². The Labute approximate surface area is 169 Å². The van der Waals surface area contributed by atoms with Crippen molar-refractivity contribution in [2.45, 2.75) is 38.6 Å². The zero-order valence-electron chi connectivity index (χ0n) is 16.5. The monoisotopic (exact) mass is 394 g/mol. The number of carbonyl (C=O) groups excluding carboxylic acids is 2. The topological polar surface area (TPSA) is 92.7 Å². The van der Waals surface area contributed by atoms with Crippen LogP contribution in [0.2, 0.25) is 0 Å². The number of Topliss-reactive ketones (excluding diaryl/α,β-unsaturated/α-hetero) is 1. The van der Waals surface area contributed by atoms with Crippen molar-refractivity contribution in [3.05, 3.63) is 65.6 Å². The van der Waals surface area contributed by atoms with E-state index in [1.165, 1.54) is 0 Å². The van der Waals surface area contributed by atoms with Crippen molar-refractivity contribution < 1.29 is 24.2 Å². The molecule has 151 valence electrons. The van der Waals surface area contributed by atoms with Crippen LogP contribution < -0.4 is 5.32 Å². The van der Waals surface area contributed by atoms with E-state index in [4.69, 9.17) is 9.84 Å². The van der Waals surface area contributed by atoms with Crippen molar-refractivity contribution in [2.75, 3.05) is 6.61 Å². The predicted octanol–water partition coefficient (Wildman–Crippen LogP) is 3.94. The molecular weight excluding hydrogens is 370 g/mol. The number of hydrogen-bond acceptors (Lipinski definition) is 4. The standard InChI is InChI=1S/C23H24NO5/c1-14(2)11-21(25)20(12-22(26)27)24-23(28)29-13-19-17-9-5-3-7-15(17)16-8-4-6-10-18(16)19/h3-10,19-20H,11-13H2,1-2H3,(H,24,28)(H,26,27)/t20-/m1/s1. The molecule has 6 heteroatoms. The first kappa shape index (κ1) is 20.6. The number of carboxylic acids is 1. The smallest absolute Gasteiger partial charge is 0.407 e. The average molecular weight is 394 g/mol. The van der Waals surface area contributed by atoms with Gasteiger partial charge in [-0.1, -0.05) is 62.4 Å². The summed E-state index contributed by atoms with van der Waals surface area (Å²) in [6, 6.07) is 14.8. The lowest BCUT2D eigenvalue weighted by Crippen LogP contribution is -2.43. The molecule has 1 atom stereocenters. The summed E-state index contributed by atoms with van der Waals surface area (Å²) in [4.78, 5) is 35.7. The molecular formula is C23H24NO5. The molecule has 0 fully saturated rings. The van der Waals surface area contributed by atoms with Gasteiger partial charge in [0, 0.05) is 12.3 Å². The number of nitrogens with one attached hydrogen (secondary N) is 1. The van der Waals surface area contributed by atoms with E-state index in [0.29, 0.717) is 0 Å². The van der Waals surface area contributed by atoms with Gasteiger partial charge in [0.25, 0.3) is 0 Å². The molecule has 0 unspecified atom stereocenters. The first-order valence-corrected chi connectivity index (χ1v) is 9.52. The lowest BCUT2D eigenvalue weighted by molar-refractivity contribution is -0.139. The third-order valence-electron chi connectivity index (χ3n) is 4.93. The molecule has 0 aromatic heterocycles. The lowest BCUT2D eigenvalue weighted by atomic mass is 9.98. The number of ketones is 1. The second-order valence-electron chi connectivity index (χ2n) is 7.47. The zero-order chi connectivity index (χ0) is 21.0. The molecule has 2 aromatic rings. The van der Waals surface area contributed by atoms with E-state index in [1.807, 2.05) is 48.5 Å². The van der Waals surface area contributed by atoms with Gasteiger partial charge in [0.2, 0.25) is 0 Å². The number of carboxylic acid groups (broad SMARTS) is 1. The molecule has 1 amide bonds. The molecule has 1 aliphatic rings. The summed E-state index contributed by atoms with van der Waals surface area (Å²) in [5.41, 5.74) is 4.39. The highest BCUT2D eigenvalue weighted by Crippen LogP contribution is 2.44. The number of rotatable bonds is 8. The summed E-state index contributed by atoms with van der Waals surface area (Å²) in [6.07, 6.45) is -1.15. The number of amides is 1. The summed E-state index contributed by atoms with van der Waals surface area (Å²) in [6.45, 7) is 3.67. The van der Waals surface area contributed by atoms with E-state index in [2.05, 4.69) is 5.32 Å². The first-order chi connectivity index (χ1) is 13.9. The van der Waals surface area contributed by atoms with Gasteiger partial charge in [-0.05, 0) is 28.2 Å². The SMILES string of the molecule is C[C](C)CC(=O)[C@@H](CC(=O)O)NC(=O)OCC1c2ccccc2-c2ccccc21. The minimum absolute atomic E-state index is 0.104. The number of aliphatic carboxylic acids is 1. The second-order valence-corrected chi connectivity index (χ2v) is 7.47. The number of ether oxygens (including phenoxy) is 1. The third-order valence-corrected chi connectivity index (χ3v) is 4.93. The van der Waals surface area contributed by atoms with Crippen LogP contribution in [0.1, 0.15) is 43.7 Å². The average Bonchev–Trinajstić information content (AvgIpc) is 2.99. The number of alkyl carbamates (subject to hydrolysis) is 1. The van der Waals surface area contributed by atoms with E-state index < -0.39 is 24.5 Å². The second kappa shape index (κ2) is 8.90. The van der Waals surface area contributed by atoms with Crippen LogP contribution in [-0.4, -0.2) is 35.6 Å². The van der Waals surface area contributed by atoms with E-state index >= 15 is 0 Å². The van der Waals surface area contributed by atoms with Crippen molar-refractivity contribution in [3.63, 3.8) is 0 Å². The van der Waals surface area contributed by atoms with Crippen LogP contribution in [0, 0.1) is 5.92 Å². The van der Waals surface area contributed by atoms with Crippen molar-refractivity contribution in [3.8, 4) is 11.1 Å². The molecule has 0 saturated carbocycles. The summed E-state index contributed by atoms with van der Waals surface area (Å²) in [7, 11) is 0. The van der Waals surface area contributed by atoms with E-state index in [1.54, 1.807) is 13.8 Å². The first-order valence-electron chi connectivity index (χ1n) is 9.52. The molecule has 0 aliphatic heterocycles. The van der Waals surface area contributed by atoms with Gasteiger partial charge in [0.1, 0.15) is 12.6 Å². The van der Waals surface area contributed by atoms with Gasteiger partial charge < -0.3 is 15.2 Å². The van der Waals surface area contributed by atoms with Crippen LogP contribution in [0.4, 0.5) is 4.79 Å². The molecule has 3 rings (SSSR count). The Kier molecular flexibility index (Phi) is 6.32. The van der Waals surface area contributed by atoms with Gasteiger partial charge in [-0.15, -0.1) is 0 Å². The Morgan fingerprint density at radius 3 is 2.07 bits per heavy atom. The lowest BCUT2D eigenvalue weighted by Gasteiger charge is -2.18. The quantitative estimate of drug-likeness (QED) is 0.707. The maximum absolute atomic E-state index is 12.3. The Bertz CT molecular complexity index is 875. The molecule has 2 N–H and O–H groups in total. The van der Waals surface area contributed by atoms with Gasteiger partial charge in [0.15, 0.2) is 5.78 Å². The van der Waals surface area contributed by atoms with Crippen LogP contribution in [0.25, 0.3) is 11.1 Å². The molecule has 6 nitrogen and oxygen atoms in total. The van der Waals surface area contributed by atoms with Crippen molar-refractivity contribution in [2.24, 2.45) is 0 Å². The van der Waals surface area contributed by atoms with Gasteiger partial charge in [-0.2, -0.15) is 0 Å². The zero-order valence-corrected chi connectivity index (χ0v) is 16.5. The maximum Gasteiger partial charge on any atom is 0.407 e. The summed E-state index contributed by atoms with van der Waals surface area (Å²) in [5.74, 6) is -0.760. The Morgan fingerprint density at radius 2 is 1.55 bits per heavy atom. The fourth-order valence-electron chi connectivity index (χ4n) is 3.67. The predicted molar refractivity (Wildman–Crippen MR) is 108 cm³/mol. The normalized spacial score (nSPS) is 13.5. The fraction of sp³-hybridized carbons (Fsp3) is 0.304. The molecule has 0 bridgehead atoms. The number of fused-ring (bicyclic) bond motifs is 3. The fourth-order valence-corrected chi connectivity index (χ4v) is 3.67. The molecule has 2 aromatic carbocycles. The van der Waals surface area contributed by atoms with Crippen LogP contribution in [-0.2, 0) is 14.3 Å². The van der Waals surface area contributed by atoms with E-state index in [-0.39, 0.29) is 24.7 Å².